The van der Waals surface area contributed by atoms with Crippen molar-refractivity contribution in [3.63, 3.8) is 0 Å². The Kier molecular flexibility index (Phi) is 9.75. The van der Waals surface area contributed by atoms with Crippen molar-refractivity contribution in [3.8, 4) is 0 Å². The highest BCUT2D eigenvalue weighted by Crippen LogP contribution is 2.37. The van der Waals surface area contributed by atoms with Gasteiger partial charge in [0.1, 0.15) is 6.04 Å². The Balaban J connectivity index is 1.31. The standard InChI is InChI=1S/C32H39N7O4/c1-5-43-29(40)17-22-9-10-23(19-33-22)35-32-34-18-21(2)30(37-32)26-12-11-25-24(26)7-6-8-27(25)36-31(41)28(20-42-4)39-15-13-38(3)14-16-39/h6-10,12,18-19,28H,5,11,13-17,20H2,1-4H3,(H,36,41)(H,34,35,37)/t28-/m1/s1. The Morgan fingerprint density at radius 1 is 1.07 bits per heavy atom. The monoisotopic (exact) mass is 585 g/mol. The Labute approximate surface area is 252 Å². The SMILES string of the molecule is CCOC(=O)Cc1ccc(Nc2ncc(C)c(C3=CCc4c(NC(=O)[C@@H](COC)N5CCN(C)CC5)cccc43)n2)cn1. The minimum atomic E-state index is -0.352. The average Bonchev–Trinajstić information content (AvgIpc) is 3.43. The summed E-state index contributed by atoms with van der Waals surface area (Å²) in [5, 5.41) is 6.42. The molecule has 2 N–H and O–H groups in total. The second kappa shape index (κ2) is 13.9. The van der Waals surface area contributed by atoms with Crippen LogP contribution in [0.4, 0.5) is 17.3 Å². The van der Waals surface area contributed by atoms with Crippen molar-refractivity contribution >= 4 is 34.8 Å². The van der Waals surface area contributed by atoms with E-state index in [0.717, 1.165) is 59.8 Å². The summed E-state index contributed by atoms with van der Waals surface area (Å²) >= 11 is 0. The van der Waals surface area contributed by atoms with E-state index in [1.165, 1.54) is 0 Å². The normalized spacial score (nSPS) is 15.9. The van der Waals surface area contributed by atoms with Gasteiger partial charge in [0.05, 0.1) is 42.9 Å². The number of amides is 1. The van der Waals surface area contributed by atoms with E-state index in [1.54, 1.807) is 32.5 Å². The van der Waals surface area contributed by atoms with Crippen LogP contribution in [0.1, 0.15) is 35.0 Å². The molecule has 0 radical (unpaired) electrons. The van der Waals surface area contributed by atoms with Gasteiger partial charge in [0.2, 0.25) is 11.9 Å². The van der Waals surface area contributed by atoms with Crippen LogP contribution in [0.2, 0.25) is 0 Å². The van der Waals surface area contributed by atoms with Crippen molar-refractivity contribution in [1.82, 2.24) is 24.8 Å². The molecular weight excluding hydrogens is 546 g/mol. The highest BCUT2D eigenvalue weighted by molar-refractivity contribution is 5.97. The van der Waals surface area contributed by atoms with Crippen LogP contribution in [0.25, 0.3) is 5.57 Å². The van der Waals surface area contributed by atoms with E-state index in [9.17, 15) is 9.59 Å². The molecule has 1 amide bonds. The first-order valence-electron chi connectivity index (χ1n) is 14.6. The van der Waals surface area contributed by atoms with E-state index in [0.29, 0.717) is 37.0 Å². The van der Waals surface area contributed by atoms with Gasteiger partial charge in [-0.2, -0.15) is 0 Å². The van der Waals surface area contributed by atoms with E-state index in [1.807, 2.05) is 25.1 Å². The van der Waals surface area contributed by atoms with E-state index >= 15 is 0 Å². The number of aromatic nitrogens is 3. The molecular formula is C32H39N7O4. The van der Waals surface area contributed by atoms with Crippen molar-refractivity contribution in [2.24, 2.45) is 0 Å². The predicted molar refractivity (Wildman–Crippen MR) is 165 cm³/mol. The van der Waals surface area contributed by atoms with Crippen LogP contribution in [-0.4, -0.2) is 96.2 Å². The number of allylic oxidation sites excluding steroid dienone is 1. The maximum Gasteiger partial charge on any atom is 0.311 e. The van der Waals surface area contributed by atoms with Gasteiger partial charge in [0, 0.05) is 50.7 Å². The molecule has 43 heavy (non-hydrogen) atoms. The Morgan fingerprint density at radius 2 is 1.88 bits per heavy atom. The maximum absolute atomic E-state index is 13.5. The van der Waals surface area contributed by atoms with Crippen LogP contribution < -0.4 is 10.6 Å². The molecule has 3 aromatic rings. The summed E-state index contributed by atoms with van der Waals surface area (Å²) in [6.07, 6.45) is 6.40. The number of anilines is 3. The maximum atomic E-state index is 13.5. The number of nitrogens with one attached hydrogen (secondary N) is 2. The summed E-state index contributed by atoms with van der Waals surface area (Å²) in [6.45, 7) is 7.95. The van der Waals surface area contributed by atoms with Crippen LogP contribution in [0.3, 0.4) is 0 Å². The molecule has 5 rings (SSSR count). The van der Waals surface area contributed by atoms with E-state index in [2.05, 4.69) is 49.6 Å². The molecule has 0 unspecified atom stereocenters. The largest absolute Gasteiger partial charge is 0.466 e. The molecule has 1 aliphatic heterocycles. The molecule has 226 valence electrons. The number of ether oxygens (including phenoxy) is 2. The van der Waals surface area contributed by atoms with Crippen LogP contribution in [-0.2, 0) is 31.9 Å². The number of carbonyl (C=O) groups excluding carboxylic acids is 2. The smallest absolute Gasteiger partial charge is 0.311 e. The van der Waals surface area contributed by atoms with Crippen molar-refractivity contribution in [2.45, 2.75) is 32.7 Å². The number of methoxy groups -OCH3 is 1. The molecule has 1 saturated heterocycles. The first-order valence-corrected chi connectivity index (χ1v) is 14.6. The van der Waals surface area contributed by atoms with Gasteiger partial charge in [-0.3, -0.25) is 19.5 Å². The molecule has 3 heterocycles. The van der Waals surface area contributed by atoms with Crippen LogP contribution in [0.5, 0.6) is 0 Å². The zero-order valence-electron chi connectivity index (χ0n) is 25.2. The average molecular weight is 586 g/mol. The molecule has 1 fully saturated rings. The van der Waals surface area contributed by atoms with Gasteiger partial charge in [-0.1, -0.05) is 18.2 Å². The summed E-state index contributed by atoms with van der Waals surface area (Å²) in [6, 6.07) is 9.25. The van der Waals surface area contributed by atoms with Gasteiger partial charge in [0.25, 0.3) is 0 Å². The molecule has 1 aliphatic carbocycles. The first kappa shape index (κ1) is 30.3. The molecule has 2 aromatic heterocycles. The van der Waals surface area contributed by atoms with Gasteiger partial charge < -0.3 is 25.0 Å². The van der Waals surface area contributed by atoms with E-state index in [4.69, 9.17) is 14.5 Å². The van der Waals surface area contributed by atoms with E-state index < -0.39 is 0 Å². The third-order valence-corrected chi connectivity index (χ3v) is 7.78. The highest BCUT2D eigenvalue weighted by Gasteiger charge is 2.30. The molecule has 11 nitrogen and oxygen atoms in total. The fourth-order valence-corrected chi connectivity index (χ4v) is 5.44. The van der Waals surface area contributed by atoms with Gasteiger partial charge >= 0.3 is 5.97 Å². The minimum absolute atomic E-state index is 0.0557. The van der Waals surface area contributed by atoms with Gasteiger partial charge in [0.15, 0.2) is 0 Å². The molecule has 2 aliphatic rings. The number of aryl methyl sites for hydroxylation is 1. The lowest BCUT2D eigenvalue weighted by atomic mass is 9.99. The Bertz CT molecular complexity index is 1480. The molecule has 1 aromatic carbocycles. The third-order valence-electron chi connectivity index (χ3n) is 7.78. The summed E-state index contributed by atoms with van der Waals surface area (Å²) in [7, 11) is 3.74. The number of pyridine rings is 1. The predicted octanol–water partition coefficient (Wildman–Crippen LogP) is 3.22. The number of fused-ring (bicyclic) bond motifs is 1. The lowest BCUT2D eigenvalue weighted by Crippen LogP contribution is -2.54. The second-order valence-corrected chi connectivity index (χ2v) is 10.8. The Hall–Kier alpha value is -4.19. The molecule has 0 bridgehead atoms. The molecule has 0 spiro atoms. The molecule has 0 saturated carbocycles. The van der Waals surface area contributed by atoms with Gasteiger partial charge in [-0.15, -0.1) is 0 Å². The zero-order valence-corrected chi connectivity index (χ0v) is 25.2. The van der Waals surface area contributed by atoms with Crippen molar-refractivity contribution in [3.05, 3.63) is 76.9 Å². The number of hydrogen-bond donors (Lipinski definition) is 2. The number of likely N-dealkylation sites (N-methyl/N-ethyl adjacent to an activating group) is 1. The minimum Gasteiger partial charge on any atom is -0.466 e. The van der Waals surface area contributed by atoms with Crippen molar-refractivity contribution in [1.29, 1.82) is 0 Å². The Morgan fingerprint density at radius 3 is 2.60 bits per heavy atom. The quantitative estimate of drug-likeness (QED) is 0.325. The number of esters is 1. The van der Waals surface area contributed by atoms with Crippen LogP contribution >= 0.6 is 0 Å². The summed E-state index contributed by atoms with van der Waals surface area (Å²) in [5.41, 5.74) is 7.01. The number of rotatable bonds is 11. The number of nitrogens with zero attached hydrogens (tertiary/aromatic N) is 5. The number of benzene rings is 1. The number of piperazine rings is 1. The van der Waals surface area contributed by atoms with Crippen molar-refractivity contribution in [2.75, 3.05) is 64.2 Å². The summed E-state index contributed by atoms with van der Waals surface area (Å²) < 4.78 is 10.4. The third kappa shape index (κ3) is 7.24. The lowest BCUT2D eigenvalue weighted by Gasteiger charge is -2.36. The lowest BCUT2D eigenvalue weighted by molar-refractivity contribution is -0.142. The topological polar surface area (TPSA) is 122 Å². The zero-order chi connectivity index (χ0) is 30.3. The number of carbonyl (C=O) groups is 2. The fraction of sp³-hybridized carbons (Fsp3) is 0.406. The molecule has 11 heteroatoms. The van der Waals surface area contributed by atoms with Gasteiger partial charge in [-0.05, 0) is 62.2 Å². The van der Waals surface area contributed by atoms with Gasteiger partial charge in [-0.25, -0.2) is 9.97 Å². The summed E-state index contributed by atoms with van der Waals surface area (Å²) in [5.74, 6) is 0.0775. The second-order valence-electron chi connectivity index (χ2n) is 10.8. The van der Waals surface area contributed by atoms with Crippen molar-refractivity contribution < 1.29 is 19.1 Å². The highest BCUT2D eigenvalue weighted by atomic mass is 16.5. The summed E-state index contributed by atoms with van der Waals surface area (Å²) in [4.78, 5) is 43.4. The number of hydrogen-bond acceptors (Lipinski definition) is 10. The van der Waals surface area contributed by atoms with E-state index in [-0.39, 0.29) is 24.3 Å². The van der Waals surface area contributed by atoms with Crippen LogP contribution in [0.15, 0.2) is 48.8 Å². The first-order chi connectivity index (χ1) is 20.9. The fourth-order valence-electron chi connectivity index (χ4n) is 5.44. The molecule has 1 atom stereocenters. The van der Waals surface area contributed by atoms with Crippen LogP contribution in [0, 0.1) is 6.92 Å².